The maximum atomic E-state index is 12.3. The molecule has 0 spiro atoms. The molecule has 0 atom stereocenters. The van der Waals surface area contributed by atoms with E-state index in [1.807, 2.05) is 45.0 Å². The molecule has 1 amide bonds. The summed E-state index contributed by atoms with van der Waals surface area (Å²) in [5, 5.41) is 3.97. The third kappa shape index (κ3) is 6.67. The standard InChI is InChI=1S/C26H26N2O5/c1-4-31-24-15-20(13-14-23(24)33-26(30)21-10-6-5-7-11-21)16-27-28-25(29)17-32-22-12-8-9-18(2)19(22)3/h5-16H,4,17H2,1-3H3,(H,28,29)/b27-16-. The molecule has 3 aromatic carbocycles. The smallest absolute Gasteiger partial charge is 0.343 e. The Kier molecular flexibility index (Phi) is 8.18. The molecule has 33 heavy (non-hydrogen) atoms. The Morgan fingerprint density at radius 3 is 2.45 bits per heavy atom. The van der Waals surface area contributed by atoms with Crippen LogP contribution < -0.4 is 19.6 Å². The van der Waals surface area contributed by atoms with Gasteiger partial charge in [0, 0.05) is 0 Å². The molecular formula is C26H26N2O5. The number of esters is 1. The minimum absolute atomic E-state index is 0.153. The Balaban J connectivity index is 1.59. The highest BCUT2D eigenvalue weighted by atomic mass is 16.6. The summed E-state index contributed by atoms with van der Waals surface area (Å²) in [5.41, 5.74) is 5.62. The van der Waals surface area contributed by atoms with Gasteiger partial charge >= 0.3 is 5.97 Å². The first-order valence-corrected chi connectivity index (χ1v) is 10.5. The van der Waals surface area contributed by atoms with Crippen molar-refractivity contribution in [3.63, 3.8) is 0 Å². The van der Waals surface area contributed by atoms with Crippen LogP contribution in [0.3, 0.4) is 0 Å². The SMILES string of the molecule is CCOc1cc(/C=N\NC(=O)COc2cccc(C)c2C)ccc1OC(=O)c1ccccc1. The molecule has 0 bridgehead atoms. The summed E-state index contributed by atoms with van der Waals surface area (Å²) in [6.45, 7) is 6.00. The minimum Gasteiger partial charge on any atom is -0.490 e. The van der Waals surface area contributed by atoms with Crippen molar-refractivity contribution in [3.8, 4) is 17.2 Å². The van der Waals surface area contributed by atoms with E-state index in [1.165, 1.54) is 6.21 Å². The van der Waals surface area contributed by atoms with Crippen molar-refractivity contribution < 1.29 is 23.8 Å². The van der Waals surface area contributed by atoms with Gasteiger partial charge < -0.3 is 14.2 Å². The molecule has 0 heterocycles. The van der Waals surface area contributed by atoms with E-state index in [0.29, 0.717) is 35.0 Å². The van der Waals surface area contributed by atoms with Gasteiger partial charge in [-0.05, 0) is 73.9 Å². The molecule has 0 saturated carbocycles. The van der Waals surface area contributed by atoms with Crippen LogP contribution in [-0.4, -0.2) is 31.3 Å². The summed E-state index contributed by atoms with van der Waals surface area (Å²) in [6, 6.07) is 19.4. The number of ether oxygens (including phenoxy) is 3. The van der Waals surface area contributed by atoms with Gasteiger partial charge in [0.25, 0.3) is 5.91 Å². The second-order valence-corrected chi connectivity index (χ2v) is 7.17. The maximum Gasteiger partial charge on any atom is 0.343 e. The summed E-state index contributed by atoms with van der Waals surface area (Å²) in [6.07, 6.45) is 1.47. The van der Waals surface area contributed by atoms with Crippen LogP contribution in [0.15, 0.2) is 71.8 Å². The monoisotopic (exact) mass is 446 g/mol. The van der Waals surface area contributed by atoms with Crippen molar-refractivity contribution >= 4 is 18.1 Å². The highest BCUT2D eigenvalue weighted by Gasteiger charge is 2.13. The second kappa shape index (κ2) is 11.5. The molecule has 3 aromatic rings. The van der Waals surface area contributed by atoms with Gasteiger partial charge in [-0.15, -0.1) is 0 Å². The summed E-state index contributed by atoms with van der Waals surface area (Å²) in [4.78, 5) is 24.4. The average Bonchev–Trinajstić information content (AvgIpc) is 2.82. The zero-order valence-electron chi connectivity index (χ0n) is 18.8. The van der Waals surface area contributed by atoms with E-state index in [4.69, 9.17) is 14.2 Å². The molecular weight excluding hydrogens is 420 g/mol. The Morgan fingerprint density at radius 1 is 0.909 bits per heavy atom. The second-order valence-electron chi connectivity index (χ2n) is 7.17. The Hall–Kier alpha value is -4.13. The summed E-state index contributed by atoms with van der Waals surface area (Å²) in [7, 11) is 0. The first-order valence-electron chi connectivity index (χ1n) is 10.5. The van der Waals surface area contributed by atoms with Crippen LogP contribution in [-0.2, 0) is 4.79 Å². The molecule has 7 nitrogen and oxygen atoms in total. The van der Waals surface area contributed by atoms with Crippen molar-refractivity contribution in [3.05, 3.63) is 89.0 Å². The van der Waals surface area contributed by atoms with Gasteiger partial charge in [0.05, 0.1) is 18.4 Å². The lowest BCUT2D eigenvalue weighted by Gasteiger charge is -2.11. The first kappa shape index (κ1) is 23.5. The number of hydrazone groups is 1. The number of rotatable bonds is 9. The third-order valence-electron chi connectivity index (χ3n) is 4.80. The molecule has 1 N–H and O–H groups in total. The van der Waals surface area contributed by atoms with Crippen LogP contribution in [0.5, 0.6) is 17.2 Å². The van der Waals surface area contributed by atoms with Crippen molar-refractivity contribution in [2.45, 2.75) is 20.8 Å². The lowest BCUT2D eigenvalue weighted by molar-refractivity contribution is -0.123. The van der Waals surface area contributed by atoms with Crippen LogP contribution in [0.25, 0.3) is 0 Å². The molecule has 170 valence electrons. The molecule has 0 aliphatic heterocycles. The van der Waals surface area contributed by atoms with E-state index in [-0.39, 0.29) is 12.5 Å². The van der Waals surface area contributed by atoms with E-state index in [2.05, 4.69) is 10.5 Å². The number of nitrogens with one attached hydrogen (secondary N) is 1. The van der Waals surface area contributed by atoms with E-state index < -0.39 is 5.97 Å². The van der Waals surface area contributed by atoms with Gasteiger partial charge in [-0.25, -0.2) is 10.2 Å². The van der Waals surface area contributed by atoms with Crippen molar-refractivity contribution in [2.24, 2.45) is 5.10 Å². The largest absolute Gasteiger partial charge is 0.490 e. The molecule has 0 aliphatic carbocycles. The number of carbonyl (C=O) groups is 2. The van der Waals surface area contributed by atoms with Crippen molar-refractivity contribution in [2.75, 3.05) is 13.2 Å². The number of benzene rings is 3. The quantitative estimate of drug-likeness (QED) is 0.227. The number of amides is 1. The number of hydrogen-bond donors (Lipinski definition) is 1. The maximum absolute atomic E-state index is 12.3. The summed E-state index contributed by atoms with van der Waals surface area (Å²) < 4.78 is 16.7. The molecule has 0 aliphatic rings. The molecule has 0 unspecified atom stereocenters. The van der Waals surface area contributed by atoms with Crippen molar-refractivity contribution in [1.29, 1.82) is 0 Å². The predicted molar refractivity (Wildman–Crippen MR) is 126 cm³/mol. The summed E-state index contributed by atoms with van der Waals surface area (Å²) >= 11 is 0. The Labute approximate surface area is 193 Å². The van der Waals surface area contributed by atoms with Gasteiger partial charge in [0.2, 0.25) is 0 Å². The van der Waals surface area contributed by atoms with Crippen LogP contribution in [0.4, 0.5) is 0 Å². The zero-order valence-corrected chi connectivity index (χ0v) is 18.8. The fourth-order valence-corrected chi connectivity index (χ4v) is 2.93. The Bertz CT molecular complexity index is 1140. The number of hydrogen-bond acceptors (Lipinski definition) is 6. The fourth-order valence-electron chi connectivity index (χ4n) is 2.93. The minimum atomic E-state index is -0.478. The fraction of sp³-hybridized carbons (Fsp3) is 0.192. The Morgan fingerprint density at radius 2 is 1.70 bits per heavy atom. The molecule has 0 saturated heterocycles. The highest BCUT2D eigenvalue weighted by Crippen LogP contribution is 2.29. The normalized spacial score (nSPS) is 10.6. The highest BCUT2D eigenvalue weighted by molar-refractivity contribution is 5.91. The van der Waals surface area contributed by atoms with Crippen LogP contribution in [0.2, 0.25) is 0 Å². The van der Waals surface area contributed by atoms with E-state index in [1.54, 1.807) is 42.5 Å². The van der Waals surface area contributed by atoms with E-state index in [0.717, 1.165) is 11.1 Å². The number of nitrogens with zero attached hydrogens (tertiary/aromatic N) is 1. The summed E-state index contributed by atoms with van der Waals surface area (Å²) in [5.74, 6) is 0.500. The molecule has 3 rings (SSSR count). The predicted octanol–water partition coefficient (Wildman–Crippen LogP) is 4.45. The number of carbonyl (C=O) groups excluding carboxylic acids is 2. The lowest BCUT2D eigenvalue weighted by Crippen LogP contribution is -2.24. The van der Waals surface area contributed by atoms with E-state index >= 15 is 0 Å². The van der Waals surface area contributed by atoms with Crippen molar-refractivity contribution in [1.82, 2.24) is 5.43 Å². The third-order valence-corrected chi connectivity index (χ3v) is 4.80. The topological polar surface area (TPSA) is 86.2 Å². The van der Waals surface area contributed by atoms with E-state index in [9.17, 15) is 9.59 Å². The molecule has 0 radical (unpaired) electrons. The van der Waals surface area contributed by atoms with Gasteiger partial charge in [0.1, 0.15) is 5.75 Å². The first-order chi connectivity index (χ1) is 16.0. The lowest BCUT2D eigenvalue weighted by atomic mass is 10.1. The van der Waals surface area contributed by atoms with Gasteiger partial charge in [0.15, 0.2) is 18.1 Å². The van der Waals surface area contributed by atoms with Gasteiger partial charge in [-0.2, -0.15) is 5.10 Å². The van der Waals surface area contributed by atoms with Crippen LogP contribution in [0.1, 0.15) is 34.0 Å². The number of aryl methyl sites for hydroxylation is 1. The zero-order chi connectivity index (χ0) is 23.6. The van der Waals surface area contributed by atoms with Crippen LogP contribution in [0, 0.1) is 13.8 Å². The molecule has 0 fully saturated rings. The van der Waals surface area contributed by atoms with Crippen LogP contribution >= 0.6 is 0 Å². The van der Waals surface area contributed by atoms with Gasteiger partial charge in [-0.1, -0.05) is 30.3 Å². The van der Waals surface area contributed by atoms with Gasteiger partial charge in [-0.3, -0.25) is 4.79 Å². The molecule has 0 aromatic heterocycles. The average molecular weight is 447 g/mol. The molecule has 7 heteroatoms.